The molecule has 2 aliphatic heterocycles. The maximum absolute atomic E-state index is 10.1. The van der Waals surface area contributed by atoms with Crippen molar-refractivity contribution in [2.45, 2.75) is 33.1 Å². The summed E-state index contributed by atoms with van der Waals surface area (Å²) < 4.78 is -0.0919. The SMILES string of the molecule is N#CC1C(C2CN2)C12SC1C(O)=CCC(O)C1S2. The van der Waals surface area contributed by atoms with E-state index in [1.165, 1.54) is 0 Å². The van der Waals surface area contributed by atoms with E-state index in [1.807, 2.05) is 0 Å². The van der Waals surface area contributed by atoms with E-state index in [0.29, 0.717) is 24.1 Å². The minimum atomic E-state index is -0.393. The monoisotopic (exact) mass is 282 g/mol. The lowest BCUT2D eigenvalue weighted by molar-refractivity contribution is 0.161. The van der Waals surface area contributed by atoms with Gasteiger partial charge in [-0.1, -0.05) is 0 Å². The van der Waals surface area contributed by atoms with Gasteiger partial charge in [0.2, 0.25) is 0 Å². The zero-order valence-corrected chi connectivity index (χ0v) is 11.2. The number of hydrogen-bond donors (Lipinski definition) is 3. The summed E-state index contributed by atoms with van der Waals surface area (Å²) in [6, 6.07) is 2.89. The summed E-state index contributed by atoms with van der Waals surface area (Å²) in [4.78, 5) is 0. The highest BCUT2D eigenvalue weighted by molar-refractivity contribution is 8.22. The lowest BCUT2D eigenvalue weighted by Gasteiger charge is -2.26. The predicted molar refractivity (Wildman–Crippen MR) is 71.2 cm³/mol. The maximum Gasteiger partial charge on any atom is 0.103 e. The molecule has 1 saturated carbocycles. The van der Waals surface area contributed by atoms with Crippen molar-refractivity contribution in [1.82, 2.24) is 5.32 Å². The molecule has 0 radical (unpaired) electrons. The van der Waals surface area contributed by atoms with Gasteiger partial charge in [0, 0.05) is 18.5 Å². The van der Waals surface area contributed by atoms with Crippen LogP contribution in [-0.4, -0.2) is 43.5 Å². The van der Waals surface area contributed by atoms with Crippen LogP contribution in [-0.2, 0) is 0 Å². The Morgan fingerprint density at radius 2 is 2.28 bits per heavy atom. The first-order valence-corrected chi connectivity index (χ1v) is 7.99. The molecule has 7 atom stereocenters. The van der Waals surface area contributed by atoms with Gasteiger partial charge in [-0.25, -0.2) is 0 Å². The molecule has 6 heteroatoms. The van der Waals surface area contributed by atoms with Crippen LogP contribution >= 0.6 is 23.5 Å². The molecule has 4 nitrogen and oxygen atoms in total. The van der Waals surface area contributed by atoms with Gasteiger partial charge in [0.05, 0.1) is 32.7 Å². The van der Waals surface area contributed by atoms with Gasteiger partial charge in [0.15, 0.2) is 0 Å². The van der Waals surface area contributed by atoms with Gasteiger partial charge in [0.1, 0.15) is 5.76 Å². The molecule has 0 aromatic carbocycles. The van der Waals surface area contributed by atoms with Crippen molar-refractivity contribution >= 4 is 23.5 Å². The second kappa shape index (κ2) is 3.60. The van der Waals surface area contributed by atoms with Crippen LogP contribution in [0, 0.1) is 23.2 Å². The van der Waals surface area contributed by atoms with E-state index >= 15 is 0 Å². The quantitative estimate of drug-likeness (QED) is 0.618. The van der Waals surface area contributed by atoms with Crippen molar-refractivity contribution in [1.29, 1.82) is 5.26 Å². The third-order valence-electron chi connectivity index (χ3n) is 4.33. The van der Waals surface area contributed by atoms with E-state index in [0.717, 1.165) is 6.54 Å². The Balaban J connectivity index is 1.63. The molecular weight excluding hydrogens is 268 g/mol. The first-order chi connectivity index (χ1) is 8.67. The maximum atomic E-state index is 10.1. The fourth-order valence-corrected chi connectivity index (χ4v) is 7.80. The van der Waals surface area contributed by atoms with E-state index in [9.17, 15) is 15.5 Å². The molecule has 0 aromatic heterocycles. The second-order valence-electron chi connectivity index (χ2n) is 5.42. The van der Waals surface area contributed by atoms with Crippen LogP contribution in [0.4, 0.5) is 0 Å². The summed E-state index contributed by atoms with van der Waals surface area (Å²) in [7, 11) is 0. The lowest BCUT2D eigenvalue weighted by Crippen LogP contribution is -2.34. The number of rotatable bonds is 1. The van der Waals surface area contributed by atoms with Crippen molar-refractivity contribution < 1.29 is 10.2 Å². The number of aliphatic hydroxyl groups excluding tert-OH is 2. The average molecular weight is 282 g/mol. The van der Waals surface area contributed by atoms with Gasteiger partial charge >= 0.3 is 0 Å². The van der Waals surface area contributed by atoms with E-state index in [-0.39, 0.29) is 20.5 Å². The second-order valence-corrected chi connectivity index (χ2v) is 8.55. The average Bonchev–Trinajstić information content (AvgIpc) is 3.20. The molecule has 7 unspecified atom stereocenters. The summed E-state index contributed by atoms with van der Waals surface area (Å²) >= 11 is 3.44. The van der Waals surface area contributed by atoms with Crippen LogP contribution in [0.25, 0.3) is 0 Å². The van der Waals surface area contributed by atoms with Crippen molar-refractivity contribution in [3.8, 4) is 6.07 Å². The lowest BCUT2D eigenvalue weighted by atomic mass is 10.0. The Morgan fingerprint density at radius 1 is 1.50 bits per heavy atom. The minimum absolute atomic E-state index is 0.0293. The summed E-state index contributed by atoms with van der Waals surface area (Å²) in [6.45, 7) is 1.01. The molecule has 0 bridgehead atoms. The molecule has 2 heterocycles. The molecule has 3 N–H and O–H groups in total. The molecule has 3 fully saturated rings. The first kappa shape index (κ1) is 11.5. The van der Waals surface area contributed by atoms with Gasteiger partial charge in [0.25, 0.3) is 0 Å². The molecule has 0 aromatic rings. The number of hydrogen-bond acceptors (Lipinski definition) is 6. The van der Waals surface area contributed by atoms with Crippen molar-refractivity contribution in [3.63, 3.8) is 0 Å². The molecule has 96 valence electrons. The Labute approximate surface area is 114 Å². The van der Waals surface area contributed by atoms with Crippen LogP contribution in [0.5, 0.6) is 0 Å². The zero-order valence-electron chi connectivity index (χ0n) is 9.61. The van der Waals surface area contributed by atoms with Gasteiger partial charge in [-0.05, 0) is 12.5 Å². The van der Waals surface area contributed by atoms with Crippen LogP contribution in [0.2, 0.25) is 0 Å². The fraction of sp³-hybridized carbons (Fsp3) is 0.750. The smallest absolute Gasteiger partial charge is 0.103 e. The zero-order chi connectivity index (χ0) is 12.5. The van der Waals surface area contributed by atoms with E-state index in [2.05, 4.69) is 11.4 Å². The predicted octanol–water partition coefficient (Wildman–Crippen LogP) is 0.848. The molecule has 1 spiro atoms. The van der Waals surface area contributed by atoms with Gasteiger partial charge < -0.3 is 15.5 Å². The van der Waals surface area contributed by atoms with Gasteiger partial charge in [-0.2, -0.15) is 5.26 Å². The van der Waals surface area contributed by atoms with Crippen molar-refractivity contribution in [2.75, 3.05) is 6.54 Å². The van der Waals surface area contributed by atoms with Crippen LogP contribution in [0.1, 0.15) is 6.42 Å². The summed E-state index contributed by atoms with van der Waals surface area (Å²) in [5.41, 5.74) is 0. The van der Waals surface area contributed by atoms with Gasteiger partial charge in [-0.15, -0.1) is 23.5 Å². The Morgan fingerprint density at radius 3 is 2.89 bits per heavy atom. The number of fused-ring (bicyclic) bond motifs is 1. The highest BCUT2D eigenvalue weighted by atomic mass is 32.2. The summed E-state index contributed by atoms with van der Waals surface area (Å²) in [6.07, 6.45) is 1.86. The molecular formula is C12H14N2O2S2. The number of nitrogens with one attached hydrogen (secondary N) is 1. The van der Waals surface area contributed by atoms with Crippen LogP contribution in [0.3, 0.4) is 0 Å². The first-order valence-electron chi connectivity index (χ1n) is 6.23. The molecule has 18 heavy (non-hydrogen) atoms. The highest BCUT2D eigenvalue weighted by Gasteiger charge is 2.75. The normalized spacial score (nSPS) is 56.8. The van der Waals surface area contributed by atoms with Crippen molar-refractivity contribution in [2.24, 2.45) is 11.8 Å². The number of nitriles is 1. The standard InChI is InChI=1S/C12H14N2O2S2/c13-3-5-9(6-4-14-6)12(5)17-10-7(15)1-2-8(16)11(10)18-12/h1,5-6,8-11,14-16H,2,4H2. The molecule has 0 amide bonds. The molecule has 4 aliphatic rings. The highest BCUT2D eigenvalue weighted by Crippen LogP contribution is 2.75. The molecule has 4 rings (SSSR count). The number of aliphatic hydroxyl groups is 2. The third-order valence-corrected chi connectivity index (χ3v) is 8.52. The van der Waals surface area contributed by atoms with E-state index in [4.69, 9.17) is 0 Å². The van der Waals surface area contributed by atoms with E-state index < -0.39 is 6.10 Å². The van der Waals surface area contributed by atoms with Crippen LogP contribution < -0.4 is 5.32 Å². The van der Waals surface area contributed by atoms with Crippen LogP contribution in [0.15, 0.2) is 11.8 Å². The topological polar surface area (TPSA) is 86.2 Å². The number of thioether (sulfide) groups is 2. The minimum Gasteiger partial charge on any atom is -0.511 e. The fourth-order valence-electron chi connectivity index (χ4n) is 3.24. The van der Waals surface area contributed by atoms with Gasteiger partial charge in [-0.3, -0.25) is 0 Å². The molecule has 2 aliphatic carbocycles. The largest absolute Gasteiger partial charge is 0.511 e. The van der Waals surface area contributed by atoms with Crippen molar-refractivity contribution in [3.05, 3.63) is 11.8 Å². The Hall–Kier alpha value is -0.350. The third kappa shape index (κ3) is 1.36. The van der Waals surface area contributed by atoms with E-state index in [1.54, 1.807) is 29.6 Å². The Kier molecular flexibility index (Phi) is 2.30. The number of nitrogens with zero attached hydrogens (tertiary/aromatic N) is 1. The molecule has 2 saturated heterocycles. The summed E-state index contributed by atoms with van der Waals surface area (Å²) in [5, 5.41) is 32.7. The Bertz CT molecular complexity index is 473. The summed E-state index contributed by atoms with van der Waals surface area (Å²) in [5.74, 6) is 0.826.